The smallest absolute Gasteiger partial charge is 0.107 e. The zero-order valence-corrected chi connectivity index (χ0v) is 12.2. The Kier molecular flexibility index (Phi) is 7.66. The molecule has 1 heterocycles. The number of nitrogens with one attached hydrogen (secondary N) is 1. The third-order valence-electron chi connectivity index (χ3n) is 2.54. The number of hydrogen-bond donors (Lipinski definition) is 1. The summed E-state index contributed by atoms with van der Waals surface area (Å²) in [5.74, 6) is 2.71. The van der Waals surface area contributed by atoms with Gasteiger partial charge in [-0.25, -0.2) is 4.98 Å². The van der Waals surface area contributed by atoms with Gasteiger partial charge in [0.25, 0.3) is 0 Å². The molecule has 0 saturated heterocycles. The second-order valence-corrected chi connectivity index (χ2v) is 5.27. The normalized spacial score (nSPS) is 10.8. The fourth-order valence-electron chi connectivity index (χ4n) is 1.76. The van der Waals surface area contributed by atoms with Crippen molar-refractivity contribution in [2.24, 2.45) is 0 Å². The molecule has 18 heavy (non-hydrogen) atoms. The maximum atomic E-state index is 5.38. The van der Waals surface area contributed by atoms with E-state index in [4.69, 9.17) is 6.42 Å². The summed E-state index contributed by atoms with van der Waals surface area (Å²) in [6.45, 7) is 8.87. The van der Waals surface area contributed by atoms with Crippen molar-refractivity contribution in [1.29, 1.82) is 0 Å². The molecule has 0 bridgehead atoms. The van der Waals surface area contributed by atoms with Crippen molar-refractivity contribution in [3.05, 3.63) is 16.1 Å². The summed E-state index contributed by atoms with van der Waals surface area (Å²) in [6, 6.07) is 0. The number of rotatable bonds is 9. The summed E-state index contributed by atoms with van der Waals surface area (Å²) < 4.78 is 0. The predicted octanol–water partition coefficient (Wildman–Crippen LogP) is 2.49. The van der Waals surface area contributed by atoms with Crippen LogP contribution in [0.25, 0.3) is 0 Å². The molecule has 3 nitrogen and oxygen atoms in total. The first-order chi connectivity index (χ1) is 8.80. The van der Waals surface area contributed by atoms with E-state index in [0.29, 0.717) is 6.54 Å². The largest absolute Gasteiger partial charge is 0.310 e. The van der Waals surface area contributed by atoms with Gasteiger partial charge in [-0.2, -0.15) is 0 Å². The lowest BCUT2D eigenvalue weighted by Crippen LogP contribution is -2.24. The lowest BCUT2D eigenvalue weighted by atomic mass is 10.3. The van der Waals surface area contributed by atoms with E-state index in [1.54, 1.807) is 11.3 Å². The molecule has 0 saturated carbocycles. The molecule has 1 rings (SSSR count). The molecule has 1 aromatic heterocycles. The van der Waals surface area contributed by atoms with Crippen molar-refractivity contribution in [3.8, 4) is 12.3 Å². The molecule has 1 N–H and O–H groups in total. The molecule has 0 aliphatic heterocycles. The first-order valence-corrected chi connectivity index (χ1v) is 7.47. The average Bonchev–Trinajstić information content (AvgIpc) is 2.78. The fraction of sp³-hybridized carbons (Fsp3) is 0.643. The Labute approximate surface area is 115 Å². The van der Waals surface area contributed by atoms with Crippen LogP contribution in [0.5, 0.6) is 0 Å². The van der Waals surface area contributed by atoms with Gasteiger partial charge >= 0.3 is 0 Å². The number of hydrogen-bond acceptors (Lipinski definition) is 4. The lowest BCUT2D eigenvalue weighted by Gasteiger charge is -2.17. The highest BCUT2D eigenvalue weighted by Crippen LogP contribution is 2.11. The van der Waals surface area contributed by atoms with Crippen molar-refractivity contribution in [1.82, 2.24) is 15.2 Å². The maximum absolute atomic E-state index is 5.38. The SMILES string of the molecule is C#CCN(CCC)Cc1csc(CNCCC)n1. The van der Waals surface area contributed by atoms with Crippen LogP contribution in [0.1, 0.15) is 37.4 Å². The number of terminal acetylenes is 1. The van der Waals surface area contributed by atoms with Gasteiger partial charge in [0.1, 0.15) is 5.01 Å². The summed E-state index contributed by atoms with van der Waals surface area (Å²) in [6.07, 6.45) is 7.66. The molecule has 0 fully saturated rings. The van der Waals surface area contributed by atoms with Crippen LogP contribution in [-0.4, -0.2) is 29.5 Å². The lowest BCUT2D eigenvalue weighted by molar-refractivity contribution is 0.296. The van der Waals surface area contributed by atoms with Gasteiger partial charge in [-0.15, -0.1) is 17.8 Å². The molecule has 0 aliphatic rings. The highest BCUT2D eigenvalue weighted by atomic mass is 32.1. The first-order valence-electron chi connectivity index (χ1n) is 6.60. The highest BCUT2D eigenvalue weighted by molar-refractivity contribution is 7.09. The zero-order valence-electron chi connectivity index (χ0n) is 11.4. The summed E-state index contributed by atoms with van der Waals surface area (Å²) in [5.41, 5.74) is 1.14. The van der Waals surface area contributed by atoms with Gasteiger partial charge in [0.05, 0.1) is 12.2 Å². The van der Waals surface area contributed by atoms with Gasteiger partial charge in [0.15, 0.2) is 0 Å². The van der Waals surface area contributed by atoms with E-state index >= 15 is 0 Å². The Morgan fingerprint density at radius 2 is 2.28 bits per heavy atom. The van der Waals surface area contributed by atoms with Gasteiger partial charge in [-0.05, 0) is 25.9 Å². The van der Waals surface area contributed by atoms with E-state index < -0.39 is 0 Å². The topological polar surface area (TPSA) is 28.2 Å². The van der Waals surface area contributed by atoms with E-state index in [-0.39, 0.29) is 0 Å². The van der Waals surface area contributed by atoms with Crippen LogP contribution in [0.3, 0.4) is 0 Å². The molecule has 0 aliphatic carbocycles. The van der Waals surface area contributed by atoms with Crippen LogP contribution in [-0.2, 0) is 13.1 Å². The van der Waals surface area contributed by atoms with E-state index in [1.165, 1.54) is 0 Å². The minimum atomic E-state index is 0.703. The Balaban J connectivity index is 2.43. The average molecular weight is 265 g/mol. The van der Waals surface area contributed by atoms with Crippen molar-refractivity contribution < 1.29 is 0 Å². The van der Waals surface area contributed by atoms with Crippen LogP contribution < -0.4 is 5.32 Å². The Bertz CT molecular complexity index is 367. The second kappa shape index (κ2) is 9.09. The summed E-state index contributed by atoms with van der Waals surface area (Å²) in [4.78, 5) is 6.89. The van der Waals surface area contributed by atoms with Crippen molar-refractivity contribution in [3.63, 3.8) is 0 Å². The monoisotopic (exact) mass is 265 g/mol. The minimum absolute atomic E-state index is 0.703. The predicted molar refractivity (Wildman–Crippen MR) is 78.5 cm³/mol. The molecular formula is C14H23N3S. The van der Waals surface area contributed by atoms with Crippen LogP contribution in [0.2, 0.25) is 0 Å². The summed E-state index contributed by atoms with van der Waals surface area (Å²) in [7, 11) is 0. The quantitative estimate of drug-likeness (QED) is 0.549. The number of thiazole rings is 1. The van der Waals surface area contributed by atoms with Gasteiger partial charge < -0.3 is 5.32 Å². The minimum Gasteiger partial charge on any atom is -0.310 e. The molecule has 0 unspecified atom stereocenters. The molecular weight excluding hydrogens is 242 g/mol. The molecule has 0 aromatic carbocycles. The third-order valence-corrected chi connectivity index (χ3v) is 3.44. The zero-order chi connectivity index (χ0) is 13.2. The van der Waals surface area contributed by atoms with Crippen LogP contribution in [0.15, 0.2) is 5.38 Å². The Morgan fingerprint density at radius 1 is 1.44 bits per heavy atom. The van der Waals surface area contributed by atoms with Crippen molar-refractivity contribution >= 4 is 11.3 Å². The van der Waals surface area contributed by atoms with Crippen LogP contribution in [0, 0.1) is 12.3 Å². The van der Waals surface area contributed by atoms with Crippen LogP contribution in [0.4, 0.5) is 0 Å². The molecule has 1 aromatic rings. The first kappa shape index (κ1) is 15.2. The summed E-state index contributed by atoms with van der Waals surface area (Å²) >= 11 is 1.73. The summed E-state index contributed by atoms with van der Waals surface area (Å²) in [5, 5.41) is 6.67. The number of aromatic nitrogens is 1. The van der Waals surface area contributed by atoms with Gasteiger partial charge in [0, 0.05) is 18.5 Å². The van der Waals surface area contributed by atoms with Crippen molar-refractivity contribution in [2.75, 3.05) is 19.6 Å². The van der Waals surface area contributed by atoms with Gasteiger partial charge in [-0.1, -0.05) is 19.8 Å². The van der Waals surface area contributed by atoms with E-state index in [2.05, 4.69) is 40.3 Å². The highest BCUT2D eigenvalue weighted by Gasteiger charge is 2.07. The van der Waals surface area contributed by atoms with E-state index in [0.717, 1.165) is 49.7 Å². The Morgan fingerprint density at radius 3 is 2.94 bits per heavy atom. The van der Waals surface area contributed by atoms with Gasteiger partial charge in [-0.3, -0.25) is 4.90 Å². The third kappa shape index (κ3) is 5.63. The Hall–Kier alpha value is -0.890. The molecule has 0 radical (unpaired) electrons. The second-order valence-electron chi connectivity index (χ2n) is 4.32. The molecule has 0 spiro atoms. The van der Waals surface area contributed by atoms with Crippen molar-refractivity contribution in [2.45, 2.75) is 39.8 Å². The molecule has 4 heteroatoms. The van der Waals surface area contributed by atoms with E-state index in [9.17, 15) is 0 Å². The standard InChI is InChI=1S/C14H23N3S/c1-4-7-15-10-14-16-13(12-18-14)11-17(8-5-2)9-6-3/h2,12,15H,4,6-11H2,1,3H3. The van der Waals surface area contributed by atoms with E-state index in [1.807, 2.05) is 0 Å². The maximum Gasteiger partial charge on any atom is 0.107 e. The number of nitrogens with zero attached hydrogens (tertiary/aromatic N) is 2. The molecule has 100 valence electrons. The molecule has 0 atom stereocenters. The fourth-order valence-corrected chi connectivity index (χ4v) is 2.52. The molecule has 0 amide bonds. The van der Waals surface area contributed by atoms with Crippen LogP contribution >= 0.6 is 11.3 Å². The van der Waals surface area contributed by atoms with Gasteiger partial charge in [0.2, 0.25) is 0 Å².